The highest BCUT2D eigenvalue weighted by atomic mass is 16.5. The van der Waals surface area contributed by atoms with Crippen molar-refractivity contribution in [1.82, 2.24) is 19.7 Å². The highest BCUT2D eigenvalue weighted by Crippen LogP contribution is 2.44. The molecule has 184 valence electrons. The van der Waals surface area contributed by atoms with Crippen LogP contribution < -0.4 is 24.8 Å². The smallest absolute Gasteiger partial charge is 0.255 e. The summed E-state index contributed by atoms with van der Waals surface area (Å²) < 4.78 is 23.8. The molecule has 0 saturated heterocycles. The van der Waals surface area contributed by atoms with E-state index in [0.29, 0.717) is 57.3 Å². The van der Waals surface area contributed by atoms with Gasteiger partial charge in [0.2, 0.25) is 17.5 Å². The predicted octanol–water partition coefficient (Wildman–Crippen LogP) is 3.89. The first-order valence-corrected chi connectivity index (χ1v) is 11.0. The number of benzene rings is 1. The molecule has 0 radical (unpaired) electrons. The van der Waals surface area contributed by atoms with Crippen molar-refractivity contribution in [3.8, 4) is 28.8 Å². The lowest BCUT2D eigenvalue weighted by Gasteiger charge is -2.29. The van der Waals surface area contributed by atoms with Gasteiger partial charge >= 0.3 is 0 Å². The Bertz CT molecular complexity index is 1400. The molecule has 0 aliphatic carbocycles. The first-order valence-electron chi connectivity index (χ1n) is 11.0. The lowest BCUT2D eigenvalue weighted by molar-refractivity contribution is -0.113. The van der Waals surface area contributed by atoms with Crippen molar-refractivity contribution in [2.24, 2.45) is 0 Å². The quantitative estimate of drug-likeness (QED) is 0.398. The molecule has 1 aliphatic rings. The third-order valence-electron chi connectivity index (χ3n) is 5.76. The number of allylic oxidation sites excluding steroid dienone is 1. The molecule has 36 heavy (non-hydrogen) atoms. The van der Waals surface area contributed by atoms with Crippen molar-refractivity contribution in [3.05, 3.63) is 71.9 Å². The zero-order valence-electron chi connectivity index (χ0n) is 20.1. The molecule has 5 rings (SSSR count). The van der Waals surface area contributed by atoms with Gasteiger partial charge in [0.15, 0.2) is 17.3 Å². The molecule has 0 spiro atoms. The summed E-state index contributed by atoms with van der Waals surface area (Å²) in [4.78, 5) is 22.3. The second-order valence-electron chi connectivity index (χ2n) is 7.90. The number of aromatic nitrogens is 4. The summed E-state index contributed by atoms with van der Waals surface area (Å²) in [6.07, 6.45) is 4.77. The first kappa shape index (κ1) is 23.0. The largest absolute Gasteiger partial charge is 0.493 e. The van der Waals surface area contributed by atoms with Crippen LogP contribution in [0.1, 0.15) is 18.5 Å². The first-order chi connectivity index (χ1) is 17.5. The predicted molar refractivity (Wildman–Crippen MR) is 131 cm³/mol. The maximum Gasteiger partial charge on any atom is 0.255 e. The Morgan fingerprint density at radius 2 is 1.89 bits per heavy atom. The number of hydrogen-bond acceptors (Lipinski definition) is 9. The van der Waals surface area contributed by atoms with Gasteiger partial charge in [-0.15, -0.1) is 5.10 Å². The van der Waals surface area contributed by atoms with Gasteiger partial charge in [0.05, 0.1) is 45.0 Å². The van der Waals surface area contributed by atoms with Crippen molar-refractivity contribution in [1.29, 1.82) is 0 Å². The van der Waals surface area contributed by atoms with Gasteiger partial charge in [0.1, 0.15) is 6.04 Å². The van der Waals surface area contributed by atoms with Gasteiger partial charge in [-0.3, -0.25) is 9.78 Å². The van der Waals surface area contributed by atoms with E-state index in [1.807, 2.05) is 6.92 Å². The van der Waals surface area contributed by atoms with Crippen LogP contribution in [0.2, 0.25) is 0 Å². The Balaban J connectivity index is 1.67. The van der Waals surface area contributed by atoms with Crippen LogP contribution >= 0.6 is 0 Å². The maximum absolute atomic E-state index is 13.6. The lowest BCUT2D eigenvalue weighted by Crippen LogP contribution is -2.31. The van der Waals surface area contributed by atoms with Gasteiger partial charge in [-0.1, -0.05) is 0 Å². The van der Waals surface area contributed by atoms with Crippen LogP contribution in [0, 0.1) is 0 Å². The molecule has 2 N–H and O–H groups in total. The van der Waals surface area contributed by atoms with Crippen molar-refractivity contribution in [2.45, 2.75) is 13.0 Å². The van der Waals surface area contributed by atoms with Crippen molar-refractivity contribution in [3.63, 3.8) is 0 Å². The molecule has 1 atom stereocenters. The molecule has 1 aliphatic heterocycles. The van der Waals surface area contributed by atoms with Crippen molar-refractivity contribution < 1.29 is 23.4 Å². The zero-order valence-corrected chi connectivity index (χ0v) is 20.1. The molecule has 1 unspecified atom stereocenters. The van der Waals surface area contributed by atoms with Gasteiger partial charge in [0, 0.05) is 11.9 Å². The van der Waals surface area contributed by atoms with Crippen LogP contribution in [0.4, 0.5) is 11.6 Å². The average molecular weight is 489 g/mol. The van der Waals surface area contributed by atoms with Crippen LogP contribution in [0.15, 0.2) is 70.7 Å². The van der Waals surface area contributed by atoms with Crippen LogP contribution in [0.25, 0.3) is 11.6 Å². The van der Waals surface area contributed by atoms with E-state index < -0.39 is 6.04 Å². The molecule has 4 heterocycles. The molecule has 0 saturated carbocycles. The summed E-state index contributed by atoms with van der Waals surface area (Å²) in [7, 11) is 4.61. The number of hydrogen-bond donors (Lipinski definition) is 2. The van der Waals surface area contributed by atoms with E-state index >= 15 is 0 Å². The van der Waals surface area contributed by atoms with E-state index in [2.05, 4.69) is 25.7 Å². The lowest BCUT2D eigenvalue weighted by atomic mass is 9.94. The van der Waals surface area contributed by atoms with E-state index in [0.717, 1.165) is 0 Å². The number of methoxy groups -OCH3 is 3. The Morgan fingerprint density at radius 3 is 2.50 bits per heavy atom. The summed E-state index contributed by atoms with van der Waals surface area (Å²) in [6, 6.07) is 9.95. The normalized spacial score (nSPS) is 14.6. The fourth-order valence-corrected chi connectivity index (χ4v) is 4.16. The van der Waals surface area contributed by atoms with Gasteiger partial charge in [0.25, 0.3) is 5.91 Å². The fraction of sp³-hybridized carbons (Fsp3) is 0.200. The monoisotopic (exact) mass is 488 g/mol. The summed E-state index contributed by atoms with van der Waals surface area (Å²) in [5.74, 6) is 2.34. The van der Waals surface area contributed by atoms with Crippen molar-refractivity contribution in [2.75, 3.05) is 32.0 Å². The molecule has 11 nitrogen and oxygen atoms in total. The fourth-order valence-electron chi connectivity index (χ4n) is 4.16. The highest BCUT2D eigenvalue weighted by Gasteiger charge is 2.36. The van der Waals surface area contributed by atoms with E-state index in [-0.39, 0.29) is 5.91 Å². The Morgan fingerprint density at radius 1 is 1.11 bits per heavy atom. The molecule has 1 aromatic carbocycles. The number of rotatable bonds is 7. The number of ether oxygens (including phenoxy) is 3. The number of pyridine rings is 1. The molecule has 0 bridgehead atoms. The number of carbonyl (C=O) groups is 1. The van der Waals surface area contributed by atoms with E-state index in [9.17, 15) is 4.79 Å². The number of amides is 1. The van der Waals surface area contributed by atoms with Crippen LogP contribution in [0.5, 0.6) is 17.2 Å². The Hall–Kier alpha value is -4.80. The van der Waals surface area contributed by atoms with Gasteiger partial charge in [-0.25, -0.2) is 4.68 Å². The van der Waals surface area contributed by atoms with E-state index in [1.54, 1.807) is 59.7 Å². The minimum atomic E-state index is -0.678. The topological polar surface area (TPSA) is 126 Å². The summed E-state index contributed by atoms with van der Waals surface area (Å²) in [6.45, 7) is 1.81. The molecular formula is C25H24N6O5. The third-order valence-corrected chi connectivity index (χ3v) is 5.76. The number of anilines is 2. The molecule has 3 aromatic heterocycles. The number of nitrogens with one attached hydrogen (secondary N) is 2. The van der Waals surface area contributed by atoms with E-state index in [1.165, 1.54) is 21.3 Å². The number of furan rings is 1. The number of carbonyl (C=O) groups excluding carboxylic acids is 1. The molecule has 11 heteroatoms. The minimum absolute atomic E-state index is 0.326. The Kier molecular flexibility index (Phi) is 6.03. The molecule has 4 aromatic rings. The number of nitrogens with zero attached hydrogens (tertiary/aromatic N) is 4. The highest BCUT2D eigenvalue weighted by molar-refractivity contribution is 6.06. The van der Waals surface area contributed by atoms with Gasteiger partial charge in [-0.05, 0) is 48.9 Å². The van der Waals surface area contributed by atoms with Crippen LogP contribution in [-0.4, -0.2) is 47.0 Å². The summed E-state index contributed by atoms with van der Waals surface area (Å²) in [5.41, 5.74) is 2.28. The summed E-state index contributed by atoms with van der Waals surface area (Å²) in [5, 5.41) is 10.8. The minimum Gasteiger partial charge on any atom is -0.493 e. The Labute approximate surface area is 206 Å². The van der Waals surface area contributed by atoms with Gasteiger partial charge < -0.3 is 29.3 Å². The number of fused-ring (bicyclic) bond motifs is 1. The second-order valence-corrected chi connectivity index (χ2v) is 7.90. The average Bonchev–Trinajstić information content (AvgIpc) is 3.57. The van der Waals surface area contributed by atoms with Crippen LogP contribution in [0.3, 0.4) is 0 Å². The maximum atomic E-state index is 13.6. The summed E-state index contributed by atoms with van der Waals surface area (Å²) >= 11 is 0. The second kappa shape index (κ2) is 9.45. The van der Waals surface area contributed by atoms with E-state index in [4.69, 9.17) is 18.6 Å². The van der Waals surface area contributed by atoms with Gasteiger partial charge in [-0.2, -0.15) is 4.98 Å². The van der Waals surface area contributed by atoms with Crippen LogP contribution in [-0.2, 0) is 4.79 Å². The third kappa shape index (κ3) is 4.00. The molecule has 0 fully saturated rings. The van der Waals surface area contributed by atoms with Crippen molar-refractivity contribution >= 4 is 17.5 Å². The zero-order chi connectivity index (χ0) is 25.2. The molecular weight excluding hydrogens is 464 g/mol. The molecule has 1 amide bonds. The standard InChI is InChI=1S/C25H24N6O5/c1-14-20(24(32)28-16-7-5-9-26-13-16)21(15-11-18(33-2)22(35-4)19(12-15)34-3)31-25(27-14)29-23(30-31)17-8-6-10-36-17/h5-13,21H,1-4H3,(H,28,32)(H,27,29,30). The SMILES string of the molecule is COc1cc(C2C(C(=O)Nc3cccnc3)=C(C)Nc3nc(-c4ccco4)nn32)cc(OC)c1OC.